The summed E-state index contributed by atoms with van der Waals surface area (Å²) in [7, 11) is 0. The zero-order valence-electron chi connectivity index (χ0n) is 10.0. The number of hydrogen-bond acceptors (Lipinski definition) is 4. The predicted molar refractivity (Wildman–Crippen MR) is 63.5 cm³/mol. The smallest absolute Gasteiger partial charge is 0.326 e. The summed E-state index contributed by atoms with van der Waals surface area (Å²) in [5.74, 6) is -0.194. The van der Waals surface area contributed by atoms with Crippen molar-refractivity contribution in [2.24, 2.45) is 0 Å². The van der Waals surface area contributed by atoms with Crippen molar-refractivity contribution in [3.8, 4) is 0 Å². The van der Waals surface area contributed by atoms with E-state index in [9.17, 15) is 4.79 Å². The first kappa shape index (κ1) is 12.1. The van der Waals surface area contributed by atoms with E-state index in [-0.39, 0.29) is 12.5 Å². The number of aromatic nitrogens is 2. The lowest BCUT2D eigenvalue weighted by molar-refractivity contribution is -0.144. The zero-order valence-corrected chi connectivity index (χ0v) is 10.0. The summed E-state index contributed by atoms with van der Waals surface area (Å²) >= 11 is 0. The second-order valence-electron chi connectivity index (χ2n) is 4.36. The minimum Gasteiger partial charge on any atom is -0.463 e. The molecule has 1 fully saturated rings. The topological polar surface area (TPSA) is 47.4 Å². The molecule has 94 valence electrons. The lowest BCUT2D eigenvalue weighted by Gasteiger charge is -2.25. The van der Waals surface area contributed by atoms with Crippen LogP contribution in [0.5, 0.6) is 0 Å². The monoisotopic (exact) mass is 237 g/mol. The molecule has 1 aromatic rings. The quantitative estimate of drug-likeness (QED) is 0.714. The second-order valence-corrected chi connectivity index (χ2v) is 4.36. The van der Waals surface area contributed by atoms with E-state index in [1.54, 1.807) is 23.3 Å². The van der Waals surface area contributed by atoms with Gasteiger partial charge in [0.15, 0.2) is 0 Å². The Balaban J connectivity index is 1.59. The molecule has 0 aromatic carbocycles. The van der Waals surface area contributed by atoms with Crippen LogP contribution in [0.25, 0.3) is 0 Å². The third-order valence-corrected chi connectivity index (χ3v) is 2.99. The van der Waals surface area contributed by atoms with E-state index in [0.29, 0.717) is 6.61 Å². The van der Waals surface area contributed by atoms with Crippen LogP contribution in [0.4, 0.5) is 0 Å². The van der Waals surface area contributed by atoms with Crippen molar-refractivity contribution in [2.45, 2.75) is 25.8 Å². The second kappa shape index (κ2) is 6.39. The number of hydrogen-bond donors (Lipinski definition) is 0. The molecule has 0 unspecified atom stereocenters. The van der Waals surface area contributed by atoms with Gasteiger partial charge in [0.2, 0.25) is 0 Å². The zero-order chi connectivity index (χ0) is 11.9. The SMILES string of the molecule is O=C(Cn1ccnc1)OCCN1CCCCC1. The average molecular weight is 237 g/mol. The Hall–Kier alpha value is -1.36. The number of nitrogens with zero attached hydrogens (tertiary/aromatic N) is 3. The molecule has 0 aliphatic carbocycles. The molecule has 17 heavy (non-hydrogen) atoms. The van der Waals surface area contributed by atoms with Crippen molar-refractivity contribution in [3.05, 3.63) is 18.7 Å². The van der Waals surface area contributed by atoms with Gasteiger partial charge in [0.05, 0.1) is 6.33 Å². The van der Waals surface area contributed by atoms with E-state index in [0.717, 1.165) is 19.6 Å². The molecule has 0 atom stereocenters. The molecule has 0 bridgehead atoms. The van der Waals surface area contributed by atoms with Crippen LogP contribution < -0.4 is 0 Å². The van der Waals surface area contributed by atoms with Gasteiger partial charge in [-0.05, 0) is 25.9 Å². The number of esters is 1. The minimum absolute atomic E-state index is 0.194. The van der Waals surface area contributed by atoms with E-state index in [4.69, 9.17) is 4.74 Å². The number of imidazole rings is 1. The Morgan fingerprint density at radius 2 is 2.12 bits per heavy atom. The number of carbonyl (C=O) groups is 1. The third-order valence-electron chi connectivity index (χ3n) is 2.99. The maximum atomic E-state index is 11.5. The van der Waals surface area contributed by atoms with Crippen molar-refractivity contribution in [2.75, 3.05) is 26.2 Å². The Morgan fingerprint density at radius 3 is 2.82 bits per heavy atom. The molecule has 5 nitrogen and oxygen atoms in total. The summed E-state index contributed by atoms with van der Waals surface area (Å²) in [6.07, 6.45) is 8.89. The fraction of sp³-hybridized carbons (Fsp3) is 0.667. The highest BCUT2D eigenvalue weighted by atomic mass is 16.5. The van der Waals surface area contributed by atoms with Crippen LogP contribution in [-0.2, 0) is 16.1 Å². The summed E-state index contributed by atoms with van der Waals surface area (Å²) in [4.78, 5) is 17.7. The van der Waals surface area contributed by atoms with E-state index >= 15 is 0 Å². The Kier molecular flexibility index (Phi) is 4.55. The lowest BCUT2D eigenvalue weighted by atomic mass is 10.1. The van der Waals surface area contributed by atoms with E-state index in [2.05, 4.69) is 9.88 Å². The van der Waals surface area contributed by atoms with Gasteiger partial charge in [-0.25, -0.2) is 4.98 Å². The molecule has 0 amide bonds. The first-order valence-electron chi connectivity index (χ1n) is 6.18. The number of ether oxygens (including phenoxy) is 1. The van der Waals surface area contributed by atoms with E-state index < -0.39 is 0 Å². The highest BCUT2D eigenvalue weighted by molar-refractivity contribution is 5.69. The Bertz CT molecular complexity index is 332. The average Bonchev–Trinajstić information content (AvgIpc) is 2.83. The maximum Gasteiger partial charge on any atom is 0.326 e. The Labute approximate surface area is 101 Å². The highest BCUT2D eigenvalue weighted by Crippen LogP contribution is 2.07. The normalized spacial score (nSPS) is 16.9. The van der Waals surface area contributed by atoms with Crippen LogP contribution in [0.15, 0.2) is 18.7 Å². The van der Waals surface area contributed by atoms with Crippen molar-refractivity contribution in [1.29, 1.82) is 0 Å². The largest absolute Gasteiger partial charge is 0.463 e. The number of carbonyl (C=O) groups excluding carboxylic acids is 1. The molecule has 5 heteroatoms. The first-order chi connectivity index (χ1) is 8.34. The fourth-order valence-corrected chi connectivity index (χ4v) is 2.05. The molecule has 0 N–H and O–H groups in total. The number of piperidine rings is 1. The van der Waals surface area contributed by atoms with Crippen molar-refractivity contribution >= 4 is 5.97 Å². The number of likely N-dealkylation sites (tertiary alicyclic amines) is 1. The molecule has 1 saturated heterocycles. The molecular weight excluding hydrogens is 218 g/mol. The molecule has 0 spiro atoms. The summed E-state index contributed by atoms with van der Waals surface area (Å²) in [6.45, 7) is 3.88. The van der Waals surface area contributed by atoms with Gasteiger partial charge in [0, 0.05) is 18.9 Å². The van der Waals surface area contributed by atoms with Gasteiger partial charge in [-0.2, -0.15) is 0 Å². The molecule has 1 aliphatic rings. The third kappa shape index (κ3) is 4.19. The van der Waals surface area contributed by atoms with E-state index in [1.165, 1.54) is 19.3 Å². The van der Waals surface area contributed by atoms with Crippen LogP contribution >= 0.6 is 0 Å². The molecular formula is C12H19N3O2. The first-order valence-corrected chi connectivity index (χ1v) is 6.18. The number of rotatable bonds is 5. The van der Waals surface area contributed by atoms with Crippen LogP contribution in [-0.4, -0.2) is 46.7 Å². The van der Waals surface area contributed by atoms with Crippen molar-refractivity contribution in [1.82, 2.24) is 14.5 Å². The van der Waals surface area contributed by atoms with Crippen LogP contribution in [0.2, 0.25) is 0 Å². The maximum absolute atomic E-state index is 11.5. The minimum atomic E-state index is -0.194. The standard InChI is InChI=1S/C12H19N3O2/c16-12(10-15-7-4-13-11-15)17-9-8-14-5-2-1-3-6-14/h4,7,11H,1-3,5-6,8-10H2. The summed E-state index contributed by atoms with van der Waals surface area (Å²) in [5, 5.41) is 0. The molecule has 0 radical (unpaired) electrons. The molecule has 1 aliphatic heterocycles. The molecule has 0 saturated carbocycles. The van der Waals surface area contributed by atoms with Gasteiger partial charge in [0.1, 0.15) is 13.2 Å². The van der Waals surface area contributed by atoms with Crippen LogP contribution in [0, 0.1) is 0 Å². The Morgan fingerprint density at radius 1 is 1.29 bits per heavy atom. The molecule has 2 heterocycles. The van der Waals surface area contributed by atoms with Gasteiger partial charge in [-0.1, -0.05) is 6.42 Å². The van der Waals surface area contributed by atoms with Crippen molar-refractivity contribution in [3.63, 3.8) is 0 Å². The fourth-order valence-electron chi connectivity index (χ4n) is 2.05. The summed E-state index contributed by atoms with van der Waals surface area (Å²) in [5.41, 5.74) is 0. The van der Waals surface area contributed by atoms with Gasteiger partial charge in [0.25, 0.3) is 0 Å². The highest BCUT2D eigenvalue weighted by Gasteiger charge is 2.10. The summed E-state index contributed by atoms with van der Waals surface area (Å²) < 4.78 is 6.90. The predicted octanol–water partition coefficient (Wildman–Crippen LogP) is 0.912. The molecule has 2 rings (SSSR count). The van der Waals surface area contributed by atoms with Gasteiger partial charge < -0.3 is 9.30 Å². The summed E-state index contributed by atoms with van der Waals surface area (Å²) in [6, 6.07) is 0. The molecule has 1 aromatic heterocycles. The van der Waals surface area contributed by atoms with Crippen LogP contribution in [0.3, 0.4) is 0 Å². The van der Waals surface area contributed by atoms with Gasteiger partial charge in [-0.3, -0.25) is 9.69 Å². The van der Waals surface area contributed by atoms with Gasteiger partial charge in [-0.15, -0.1) is 0 Å². The van der Waals surface area contributed by atoms with E-state index in [1.807, 2.05) is 0 Å². The van der Waals surface area contributed by atoms with Gasteiger partial charge >= 0.3 is 5.97 Å². The van der Waals surface area contributed by atoms with Crippen molar-refractivity contribution < 1.29 is 9.53 Å². The van der Waals surface area contributed by atoms with Crippen LogP contribution in [0.1, 0.15) is 19.3 Å². The lowest BCUT2D eigenvalue weighted by Crippen LogP contribution is -2.33.